The highest BCUT2D eigenvalue weighted by atomic mass is 32.2. The number of rotatable bonds is 4. The molecular weight excluding hydrogens is 294 g/mol. The molecule has 0 aliphatic carbocycles. The Balaban J connectivity index is 2.00. The van der Waals surface area contributed by atoms with Crippen LogP contribution < -0.4 is 0 Å². The van der Waals surface area contributed by atoms with Crippen molar-refractivity contribution in [2.45, 2.75) is 31.7 Å². The van der Waals surface area contributed by atoms with Crippen LogP contribution in [0.5, 0.6) is 0 Å². The van der Waals surface area contributed by atoms with Crippen LogP contribution in [0.3, 0.4) is 0 Å². The van der Waals surface area contributed by atoms with Gasteiger partial charge in [-0.3, -0.25) is 4.79 Å². The van der Waals surface area contributed by atoms with Crippen LogP contribution in [0.15, 0.2) is 0 Å². The number of aliphatic carboxylic acids is 1. The van der Waals surface area contributed by atoms with Crippen molar-refractivity contribution in [1.29, 1.82) is 0 Å². The lowest BCUT2D eigenvalue weighted by molar-refractivity contribution is -0.142. The molecule has 2 saturated heterocycles. The zero-order chi connectivity index (χ0) is 15.6. The predicted molar refractivity (Wildman–Crippen MR) is 79.1 cm³/mol. The summed E-state index contributed by atoms with van der Waals surface area (Å²) in [4.78, 5) is 13.0. The average Bonchev–Trinajstić information content (AvgIpc) is 2.47. The van der Waals surface area contributed by atoms with Gasteiger partial charge in [-0.2, -0.15) is 17.0 Å². The third kappa shape index (κ3) is 3.74. The van der Waals surface area contributed by atoms with E-state index in [1.165, 1.54) is 4.31 Å². The summed E-state index contributed by atoms with van der Waals surface area (Å²) in [5.41, 5.74) is 0. The van der Waals surface area contributed by atoms with Gasteiger partial charge in [0.2, 0.25) is 0 Å². The van der Waals surface area contributed by atoms with Crippen LogP contribution in [0.2, 0.25) is 0 Å². The summed E-state index contributed by atoms with van der Waals surface area (Å²) in [7, 11) is 0.489. The molecule has 21 heavy (non-hydrogen) atoms. The van der Waals surface area contributed by atoms with Gasteiger partial charge in [-0.05, 0) is 39.8 Å². The van der Waals surface area contributed by atoms with Crippen LogP contribution in [-0.4, -0.2) is 79.3 Å². The van der Waals surface area contributed by atoms with Crippen LogP contribution in [0, 0.1) is 5.92 Å². The summed E-state index contributed by atoms with van der Waals surface area (Å²) >= 11 is 0. The van der Waals surface area contributed by atoms with Crippen LogP contribution >= 0.6 is 0 Å². The number of likely N-dealkylation sites (N-methyl/N-ethyl adjacent to an activating group) is 1. The molecule has 0 saturated carbocycles. The third-order valence-corrected chi connectivity index (χ3v) is 6.55. The molecule has 0 spiro atoms. The summed E-state index contributed by atoms with van der Waals surface area (Å²) in [5.74, 6) is -1.23. The number of nitrogens with zero attached hydrogens (tertiary/aromatic N) is 3. The van der Waals surface area contributed by atoms with Gasteiger partial charge in [0.05, 0.1) is 5.92 Å². The summed E-state index contributed by atoms with van der Waals surface area (Å²) in [6.45, 7) is 1.70. The second kappa shape index (κ2) is 6.60. The fraction of sp³-hybridized carbons (Fsp3) is 0.923. The molecule has 8 heteroatoms. The molecule has 1 unspecified atom stereocenters. The summed E-state index contributed by atoms with van der Waals surface area (Å²) in [6, 6.07) is 0.255. The molecule has 0 bridgehead atoms. The van der Waals surface area contributed by atoms with Gasteiger partial charge in [0.1, 0.15) is 0 Å². The van der Waals surface area contributed by atoms with Crippen LogP contribution in [0.4, 0.5) is 0 Å². The molecule has 122 valence electrons. The first kappa shape index (κ1) is 16.7. The van der Waals surface area contributed by atoms with Gasteiger partial charge in [-0.25, -0.2) is 0 Å². The fourth-order valence-corrected chi connectivity index (χ4v) is 4.77. The number of hydrogen-bond donors (Lipinski definition) is 1. The fourth-order valence-electron chi connectivity index (χ4n) is 3.05. The van der Waals surface area contributed by atoms with E-state index >= 15 is 0 Å². The lowest BCUT2D eigenvalue weighted by Crippen LogP contribution is -2.53. The molecule has 2 aliphatic rings. The van der Waals surface area contributed by atoms with Crippen molar-refractivity contribution in [3.8, 4) is 0 Å². The Morgan fingerprint density at radius 3 is 2.24 bits per heavy atom. The Labute approximate surface area is 126 Å². The number of hydrogen-bond acceptors (Lipinski definition) is 4. The molecule has 0 aromatic rings. The standard InChI is InChI=1S/C13H25N3O4S/c1-14(2)12-4-3-7-16(10-12)21(19,20)15-8-5-11(6-9-15)13(17)18/h11-12H,3-10H2,1-2H3,(H,17,18). The minimum atomic E-state index is -3.45. The number of carbonyl (C=O) groups is 1. The first-order chi connectivity index (χ1) is 9.82. The van der Waals surface area contributed by atoms with Crippen LogP contribution in [0.25, 0.3) is 0 Å². The van der Waals surface area contributed by atoms with Gasteiger partial charge in [-0.15, -0.1) is 0 Å². The van der Waals surface area contributed by atoms with Crippen molar-refractivity contribution in [2.24, 2.45) is 5.92 Å². The van der Waals surface area contributed by atoms with E-state index in [-0.39, 0.29) is 6.04 Å². The van der Waals surface area contributed by atoms with Crippen molar-refractivity contribution >= 4 is 16.2 Å². The van der Waals surface area contributed by atoms with Crippen molar-refractivity contribution in [2.75, 3.05) is 40.3 Å². The monoisotopic (exact) mass is 319 g/mol. The quantitative estimate of drug-likeness (QED) is 0.792. The molecule has 1 N–H and O–H groups in total. The molecule has 2 heterocycles. The second-order valence-corrected chi connectivity index (χ2v) is 8.07. The summed E-state index contributed by atoms with van der Waals surface area (Å²) in [6.07, 6.45) is 2.69. The van der Waals surface area contributed by atoms with Crippen molar-refractivity contribution < 1.29 is 18.3 Å². The molecule has 2 fully saturated rings. The summed E-state index contributed by atoms with van der Waals surface area (Å²) in [5, 5.41) is 8.99. The molecule has 2 rings (SSSR count). The zero-order valence-electron chi connectivity index (χ0n) is 12.7. The normalized spacial score (nSPS) is 27.1. The lowest BCUT2D eigenvalue weighted by atomic mass is 9.99. The number of carboxylic acids is 1. The molecule has 1 atom stereocenters. The van der Waals surface area contributed by atoms with E-state index in [0.29, 0.717) is 39.0 Å². The van der Waals surface area contributed by atoms with Crippen molar-refractivity contribution in [3.63, 3.8) is 0 Å². The molecule has 0 aromatic carbocycles. The van der Waals surface area contributed by atoms with Gasteiger partial charge >= 0.3 is 5.97 Å². The van der Waals surface area contributed by atoms with Gasteiger partial charge in [-0.1, -0.05) is 0 Å². The van der Waals surface area contributed by atoms with E-state index in [1.54, 1.807) is 4.31 Å². The maximum absolute atomic E-state index is 12.7. The molecule has 0 radical (unpaired) electrons. The molecular formula is C13H25N3O4S. The van der Waals surface area contributed by atoms with E-state index in [1.807, 2.05) is 14.1 Å². The van der Waals surface area contributed by atoms with Gasteiger partial charge < -0.3 is 10.0 Å². The van der Waals surface area contributed by atoms with E-state index in [9.17, 15) is 13.2 Å². The smallest absolute Gasteiger partial charge is 0.306 e. The SMILES string of the molecule is CN(C)C1CCCN(S(=O)(=O)N2CCC(C(=O)O)CC2)C1. The van der Waals surface area contributed by atoms with Crippen molar-refractivity contribution in [3.05, 3.63) is 0 Å². The molecule has 7 nitrogen and oxygen atoms in total. The minimum absolute atomic E-state index is 0.255. The Kier molecular flexibility index (Phi) is 5.24. The summed E-state index contributed by atoms with van der Waals surface area (Å²) < 4.78 is 28.3. The Hall–Kier alpha value is -0.700. The topological polar surface area (TPSA) is 81.2 Å². The largest absolute Gasteiger partial charge is 0.481 e. The van der Waals surface area contributed by atoms with E-state index in [2.05, 4.69) is 4.90 Å². The van der Waals surface area contributed by atoms with Gasteiger partial charge in [0, 0.05) is 32.2 Å². The molecule has 0 aromatic heterocycles. The second-order valence-electron chi connectivity index (χ2n) is 6.14. The molecule has 2 aliphatic heterocycles. The van der Waals surface area contributed by atoms with E-state index < -0.39 is 22.1 Å². The Morgan fingerprint density at radius 2 is 1.71 bits per heavy atom. The first-order valence-corrected chi connectivity index (χ1v) is 8.86. The predicted octanol–water partition coefficient (Wildman–Crippen LogP) is 0.0538. The first-order valence-electron chi connectivity index (χ1n) is 7.47. The minimum Gasteiger partial charge on any atom is -0.481 e. The zero-order valence-corrected chi connectivity index (χ0v) is 13.5. The lowest BCUT2D eigenvalue weighted by Gasteiger charge is -2.39. The Morgan fingerprint density at radius 1 is 1.10 bits per heavy atom. The maximum Gasteiger partial charge on any atom is 0.306 e. The number of piperidine rings is 2. The molecule has 0 amide bonds. The van der Waals surface area contributed by atoms with Gasteiger partial charge in [0.25, 0.3) is 10.2 Å². The number of carboxylic acid groups (broad SMARTS) is 1. The third-order valence-electron chi connectivity index (χ3n) is 4.55. The van der Waals surface area contributed by atoms with Crippen molar-refractivity contribution in [1.82, 2.24) is 13.5 Å². The highest BCUT2D eigenvalue weighted by molar-refractivity contribution is 7.86. The Bertz CT molecular complexity index is 472. The highest BCUT2D eigenvalue weighted by Crippen LogP contribution is 2.24. The van der Waals surface area contributed by atoms with Crippen LogP contribution in [0.1, 0.15) is 25.7 Å². The maximum atomic E-state index is 12.7. The van der Waals surface area contributed by atoms with Gasteiger partial charge in [0.15, 0.2) is 0 Å². The van der Waals surface area contributed by atoms with E-state index in [4.69, 9.17) is 5.11 Å². The van der Waals surface area contributed by atoms with E-state index in [0.717, 1.165) is 12.8 Å². The van der Waals surface area contributed by atoms with Crippen LogP contribution in [-0.2, 0) is 15.0 Å². The highest BCUT2D eigenvalue weighted by Gasteiger charge is 2.37. The average molecular weight is 319 g/mol.